The van der Waals surface area contributed by atoms with Gasteiger partial charge in [0.2, 0.25) is 15.9 Å². The topological polar surface area (TPSA) is 118 Å². The van der Waals surface area contributed by atoms with E-state index in [9.17, 15) is 13.2 Å². The summed E-state index contributed by atoms with van der Waals surface area (Å²) < 4.78 is 32.5. The summed E-state index contributed by atoms with van der Waals surface area (Å²) in [5, 5.41) is 9.77. The van der Waals surface area contributed by atoms with Gasteiger partial charge in [-0.3, -0.25) is 9.78 Å². The van der Waals surface area contributed by atoms with Crippen LogP contribution in [0.3, 0.4) is 0 Å². The fourth-order valence-corrected chi connectivity index (χ4v) is 6.69. The van der Waals surface area contributed by atoms with Gasteiger partial charge in [0.05, 0.1) is 16.6 Å². The van der Waals surface area contributed by atoms with Gasteiger partial charge in [0.1, 0.15) is 10.6 Å². The molecular weight excluding hydrogens is 462 g/mol. The van der Waals surface area contributed by atoms with E-state index in [0.717, 1.165) is 29.1 Å². The molecule has 1 fully saturated rings. The zero-order valence-corrected chi connectivity index (χ0v) is 20.3. The normalized spacial score (nSPS) is 17.2. The number of rotatable bonds is 8. The van der Waals surface area contributed by atoms with E-state index in [1.54, 1.807) is 37.6 Å². The molecule has 3 aromatic heterocycles. The van der Waals surface area contributed by atoms with Gasteiger partial charge in [0, 0.05) is 49.4 Å². The van der Waals surface area contributed by atoms with E-state index in [1.165, 1.54) is 4.31 Å². The Hall–Kier alpha value is -2.63. The minimum Gasteiger partial charge on any atom is -0.360 e. The van der Waals surface area contributed by atoms with Crippen LogP contribution in [0.4, 0.5) is 0 Å². The second-order valence-corrected chi connectivity index (χ2v) is 10.9. The van der Waals surface area contributed by atoms with Gasteiger partial charge in [-0.15, -0.1) is 11.3 Å². The first kappa shape index (κ1) is 23.5. The predicted molar refractivity (Wildman–Crippen MR) is 124 cm³/mol. The number of aromatic nitrogens is 3. The lowest BCUT2D eigenvalue weighted by atomic mass is 9.99. The molecule has 1 aliphatic heterocycles. The molecule has 9 nitrogen and oxygen atoms in total. The quantitative estimate of drug-likeness (QED) is 0.483. The number of aryl methyl sites for hydroxylation is 3. The first-order valence-electron chi connectivity index (χ1n) is 10.9. The highest BCUT2D eigenvalue weighted by Crippen LogP contribution is 2.28. The van der Waals surface area contributed by atoms with Crippen molar-refractivity contribution >= 4 is 27.3 Å². The molecule has 1 aliphatic rings. The number of pyridine rings is 1. The van der Waals surface area contributed by atoms with Crippen LogP contribution in [0.15, 0.2) is 39.3 Å². The minimum absolute atomic E-state index is 0.106. The molecule has 0 unspecified atom stereocenters. The Morgan fingerprint density at radius 1 is 1.30 bits per heavy atom. The van der Waals surface area contributed by atoms with Crippen molar-refractivity contribution in [2.75, 3.05) is 19.6 Å². The summed E-state index contributed by atoms with van der Waals surface area (Å²) in [6.07, 6.45) is 6.33. The van der Waals surface area contributed by atoms with E-state index in [-0.39, 0.29) is 29.0 Å². The van der Waals surface area contributed by atoms with Gasteiger partial charge >= 0.3 is 0 Å². The largest absolute Gasteiger partial charge is 0.360 e. The SMILES string of the molecule is Cc1noc(C)c1S(=O)(=O)N1CCC[C@H](C(=O)NCCCc2nc(-c3ccncc3)cs2)C1. The summed E-state index contributed by atoms with van der Waals surface area (Å²) in [4.78, 5) is 21.5. The fraction of sp³-hybridized carbons (Fsp3) is 0.455. The van der Waals surface area contributed by atoms with Crippen molar-refractivity contribution in [1.29, 1.82) is 0 Å². The molecule has 0 spiro atoms. The average Bonchev–Trinajstić information content (AvgIpc) is 3.43. The maximum atomic E-state index is 13.1. The van der Waals surface area contributed by atoms with Crippen molar-refractivity contribution in [2.24, 2.45) is 5.92 Å². The Morgan fingerprint density at radius 3 is 2.82 bits per heavy atom. The second kappa shape index (κ2) is 10.1. The second-order valence-electron chi connectivity index (χ2n) is 8.11. The van der Waals surface area contributed by atoms with Crippen molar-refractivity contribution in [3.8, 4) is 11.3 Å². The van der Waals surface area contributed by atoms with Crippen molar-refractivity contribution < 1.29 is 17.7 Å². The highest BCUT2D eigenvalue weighted by molar-refractivity contribution is 7.89. The van der Waals surface area contributed by atoms with Gasteiger partial charge < -0.3 is 9.84 Å². The smallest absolute Gasteiger partial charge is 0.248 e. The van der Waals surface area contributed by atoms with Crippen LogP contribution >= 0.6 is 11.3 Å². The number of nitrogens with zero attached hydrogens (tertiary/aromatic N) is 4. The van der Waals surface area contributed by atoms with Crippen LogP contribution in [-0.4, -0.2) is 53.4 Å². The van der Waals surface area contributed by atoms with E-state index in [2.05, 4.69) is 20.4 Å². The van der Waals surface area contributed by atoms with Crippen molar-refractivity contribution in [3.05, 3.63) is 46.4 Å². The summed E-state index contributed by atoms with van der Waals surface area (Å²) >= 11 is 1.60. The molecule has 0 saturated carbocycles. The van der Waals surface area contributed by atoms with E-state index in [1.807, 2.05) is 17.5 Å². The van der Waals surface area contributed by atoms with Crippen LogP contribution in [0.1, 0.15) is 35.7 Å². The minimum atomic E-state index is -3.74. The summed E-state index contributed by atoms with van der Waals surface area (Å²) in [5.74, 6) is -0.203. The van der Waals surface area contributed by atoms with E-state index >= 15 is 0 Å². The highest BCUT2D eigenvalue weighted by Gasteiger charge is 2.36. The Morgan fingerprint density at radius 2 is 2.09 bits per heavy atom. The number of carbonyl (C=O) groups excluding carboxylic acids is 1. The molecule has 176 valence electrons. The van der Waals surface area contributed by atoms with Gasteiger partial charge in [-0.2, -0.15) is 4.31 Å². The van der Waals surface area contributed by atoms with Crippen LogP contribution in [0.2, 0.25) is 0 Å². The van der Waals surface area contributed by atoms with Crippen LogP contribution in [0, 0.1) is 19.8 Å². The van der Waals surface area contributed by atoms with Crippen molar-refractivity contribution in [1.82, 2.24) is 24.7 Å². The fourth-order valence-electron chi connectivity index (χ4n) is 4.02. The lowest BCUT2D eigenvalue weighted by molar-refractivity contribution is -0.126. The molecule has 1 amide bonds. The zero-order chi connectivity index (χ0) is 23.4. The number of thiazole rings is 1. The van der Waals surface area contributed by atoms with E-state index < -0.39 is 10.0 Å². The first-order chi connectivity index (χ1) is 15.9. The predicted octanol–water partition coefficient (Wildman–Crippen LogP) is 2.96. The van der Waals surface area contributed by atoms with Crippen molar-refractivity contribution in [2.45, 2.75) is 44.4 Å². The Labute approximate surface area is 197 Å². The maximum Gasteiger partial charge on any atom is 0.248 e. The Balaban J connectivity index is 1.27. The molecule has 0 aromatic carbocycles. The van der Waals surface area contributed by atoms with Crippen LogP contribution in [-0.2, 0) is 21.2 Å². The number of piperidine rings is 1. The molecule has 1 N–H and O–H groups in total. The third-order valence-electron chi connectivity index (χ3n) is 5.72. The molecule has 33 heavy (non-hydrogen) atoms. The zero-order valence-electron chi connectivity index (χ0n) is 18.7. The van der Waals surface area contributed by atoms with Crippen LogP contribution in [0.5, 0.6) is 0 Å². The molecule has 1 atom stereocenters. The summed E-state index contributed by atoms with van der Waals surface area (Å²) in [7, 11) is -3.74. The number of nitrogens with one attached hydrogen (secondary N) is 1. The van der Waals surface area contributed by atoms with Gasteiger partial charge in [0.25, 0.3) is 0 Å². The summed E-state index contributed by atoms with van der Waals surface area (Å²) in [6, 6.07) is 3.86. The lowest BCUT2D eigenvalue weighted by Gasteiger charge is -2.31. The maximum absolute atomic E-state index is 13.1. The molecule has 0 bridgehead atoms. The van der Waals surface area contributed by atoms with Crippen LogP contribution in [0.25, 0.3) is 11.3 Å². The Bertz CT molecular complexity index is 1190. The highest BCUT2D eigenvalue weighted by atomic mass is 32.2. The van der Waals surface area contributed by atoms with Gasteiger partial charge in [-0.25, -0.2) is 13.4 Å². The van der Waals surface area contributed by atoms with Gasteiger partial charge in [-0.05, 0) is 45.2 Å². The van der Waals surface area contributed by atoms with E-state index in [4.69, 9.17) is 4.52 Å². The van der Waals surface area contributed by atoms with Gasteiger partial charge in [-0.1, -0.05) is 5.16 Å². The number of carbonyl (C=O) groups is 1. The molecular formula is C22H27N5O4S2. The monoisotopic (exact) mass is 489 g/mol. The summed E-state index contributed by atoms with van der Waals surface area (Å²) in [5.41, 5.74) is 2.31. The molecule has 11 heteroatoms. The van der Waals surface area contributed by atoms with Crippen molar-refractivity contribution in [3.63, 3.8) is 0 Å². The molecule has 1 saturated heterocycles. The standard InChI is InChI=1S/C22H27N5O4S2/c1-15-21(16(2)31-26-15)33(29,30)27-12-4-5-18(13-27)22(28)24-9-3-6-20-25-19(14-32-20)17-7-10-23-11-8-17/h7-8,10-11,14,18H,3-6,9,12-13H2,1-2H3,(H,24,28)/t18-/m0/s1. The molecule has 4 heterocycles. The number of hydrogen-bond donors (Lipinski definition) is 1. The molecule has 4 rings (SSSR count). The molecule has 0 radical (unpaired) electrons. The summed E-state index contributed by atoms with van der Waals surface area (Å²) in [6.45, 7) is 4.28. The van der Waals surface area contributed by atoms with E-state index in [0.29, 0.717) is 31.6 Å². The molecule has 0 aliphatic carbocycles. The number of sulfonamides is 1. The Kier molecular flexibility index (Phi) is 7.20. The number of amides is 1. The lowest BCUT2D eigenvalue weighted by Crippen LogP contribution is -2.45. The number of hydrogen-bond acceptors (Lipinski definition) is 8. The third-order valence-corrected chi connectivity index (χ3v) is 8.73. The average molecular weight is 490 g/mol. The van der Waals surface area contributed by atoms with Gasteiger partial charge in [0.15, 0.2) is 5.76 Å². The third kappa shape index (κ3) is 5.31. The van der Waals surface area contributed by atoms with Crippen LogP contribution < -0.4 is 5.32 Å². The first-order valence-corrected chi connectivity index (χ1v) is 13.2. The molecule has 3 aromatic rings.